The molecule has 0 spiro atoms. The van der Waals surface area contributed by atoms with Gasteiger partial charge in [-0.3, -0.25) is 0 Å². The Bertz CT molecular complexity index is 576. The van der Waals surface area contributed by atoms with Gasteiger partial charge < -0.3 is 10.2 Å². The summed E-state index contributed by atoms with van der Waals surface area (Å²) in [5.74, 6) is 0. The highest BCUT2D eigenvalue weighted by atomic mass is 32.1. The van der Waals surface area contributed by atoms with Gasteiger partial charge in [0, 0.05) is 35.1 Å². The van der Waals surface area contributed by atoms with Gasteiger partial charge in [-0.15, -0.1) is 11.3 Å². The van der Waals surface area contributed by atoms with E-state index in [0.717, 1.165) is 26.1 Å². The minimum atomic E-state index is 0.446. The summed E-state index contributed by atoms with van der Waals surface area (Å²) in [6.45, 7) is 7.64. The molecule has 106 valence electrons. The Morgan fingerprint density at radius 3 is 2.90 bits per heavy atom. The van der Waals surface area contributed by atoms with Gasteiger partial charge in [0.1, 0.15) is 0 Å². The Morgan fingerprint density at radius 1 is 1.25 bits per heavy atom. The number of para-hydroxylation sites is 1. The first-order chi connectivity index (χ1) is 9.79. The third-order valence-corrected chi connectivity index (χ3v) is 5.46. The SMILES string of the molecule is CCc1ccc(C(C)N2CCNCc3ccccc32)s1. The normalized spacial score (nSPS) is 16.6. The first-order valence-electron chi connectivity index (χ1n) is 7.43. The fourth-order valence-electron chi connectivity index (χ4n) is 2.85. The number of nitrogens with zero attached hydrogens (tertiary/aromatic N) is 1. The summed E-state index contributed by atoms with van der Waals surface area (Å²) in [7, 11) is 0. The molecule has 2 heterocycles. The number of benzene rings is 1. The van der Waals surface area contributed by atoms with Crippen LogP contribution in [0.2, 0.25) is 0 Å². The fraction of sp³-hybridized carbons (Fsp3) is 0.412. The number of anilines is 1. The van der Waals surface area contributed by atoms with E-state index >= 15 is 0 Å². The van der Waals surface area contributed by atoms with Crippen LogP contribution in [0.25, 0.3) is 0 Å². The van der Waals surface area contributed by atoms with Gasteiger partial charge in [-0.05, 0) is 37.1 Å². The van der Waals surface area contributed by atoms with Crippen LogP contribution < -0.4 is 10.2 Å². The lowest BCUT2D eigenvalue weighted by Gasteiger charge is -2.30. The van der Waals surface area contributed by atoms with Gasteiger partial charge in [0.05, 0.1) is 6.04 Å². The summed E-state index contributed by atoms with van der Waals surface area (Å²) in [6.07, 6.45) is 1.13. The summed E-state index contributed by atoms with van der Waals surface area (Å²) < 4.78 is 0. The molecule has 1 unspecified atom stereocenters. The van der Waals surface area contributed by atoms with Crippen molar-refractivity contribution in [2.75, 3.05) is 18.0 Å². The summed E-state index contributed by atoms with van der Waals surface area (Å²) in [4.78, 5) is 5.49. The molecule has 0 radical (unpaired) electrons. The maximum Gasteiger partial charge on any atom is 0.0607 e. The van der Waals surface area contributed by atoms with E-state index < -0.39 is 0 Å². The van der Waals surface area contributed by atoms with Crippen molar-refractivity contribution < 1.29 is 0 Å². The Hall–Kier alpha value is -1.32. The topological polar surface area (TPSA) is 15.3 Å². The molecular weight excluding hydrogens is 264 g/mol. The summed E-state index contributed by atoms with van der Waals surface area (Å²) in [5, 5.41) is 3.52. The maximum atomic E-state index is 3.52. The third-order valence-electron chi connectivity index (χ3n) is 4.06. The van der Waals surface area contributed by atoms with Crippen molar-refractivity contribution in [1.29, 1.82) is 0 Å². The van der Waals surface area contributed by atoms with Crippen molar-refractivity contribution in [3.63, 3.8) is 0 Å². The van der Waals surface area contributed by atoms with Crippen LogP contribution in [0.1, 0.15) is 35.2 Å². The number of hydrogen-bond acceptors (Lipinski definition) is 3. The van der Waals surface area contributed by atoms with E-state index in [0.29, 0.717) is 6.04 Å². The second-order valence-electron chi connectivity index (χ2n) is 5.33. The highest BCUT2D eigenvalue weighted by Gasteiger charge is 2.21. The number of hydrogen-bond donors (Lipinski definition) is 1. The zero-order valence-electron chi connectivity index (χ0n) is 12.2. The highest BCUT2D eigenvalue weighted by molar-refractivity contribution is 7.12. The second-order valence-corrected chi connectivity index (χ2v) is 6.53. The average molecular weight is 286 g/mol. The van der Waals surface area contributed by atoms with E-state index in [1.54, 1.807) is 0 Å². The van der Waals surface area contributed by atoms with Gasteiger partial charge >= 0.3 is 0 Å². The van der Waals surface area contributed by atoms with Crippen molar-refractivity contribution in [2.45, 2.75) is 32.9 Å². The monoisotopic (exact) mass is 286 g/mol. The van der Waals surface area contributed by atoms with Crippen LogP contribution >= 0.6 is 11.3 Å². The predicted molar refractivity (Wildman–Crippen MR) is 87.6 cm³/mol. The molecular formula is C17H22N2S. The van der Waals surface area contributed by atoms with Crippen LogP contribution in [0.3, 0.4) is 0 Å². The molecule has 3 heteroatoms. The molecule has 2 nitrogen and oxygen atoms in total. The smallest absolute Gasteiger partial charge is 0.0607 e. The van der Waals surface area contributed by atoms with Crippen molar-refractivity contribution in [2.24, 2.45) is 0 Å². The molecule has 3 rings (SSSR count). The predicted octanol–water partition coefficient (Wildman–Crippen LogP) is 3.98. The van der Waals surface area contributed by atoms with E-state index in [2.05, 4.69) is 60.5 Å². The zero-order valence-corrected chi connectivity index (χ0v) is 13.0. The average Bonchev–Trinajstić information content (AvgIpc) is 2.86. The van der Waals surface area contributed by atoms with E-state index in [1.807, 2.05) is 11.3 Å². The van der Waals surface area contributed by atoms with Gasteiger partial charge in [-0.2, -0.15) is 0 Å². The highest BCUT2D eigenvalue weighted by Crippen LogP contribution is 2.33. The molecule has 1 aliphatic heterocycles. The van der Waals surface area contributed by atoms with Gasteiger partial charge in [0.15, 0.2) is 0 Å². The van der Waals surface area contributed by atoms with E-state index in [9.17, 15) is 0 Å². The van der Waals surface area contributed by atoms with Crippen LogP contribution in [-0.4, -0.2) is 13.1 Å². The molecule has 0 bridgehead atoms. The standard InChI is InChI=1S/C17H22N2S/c1-3-15-8-9-17(20-15)13(2)19-11-10-18-12-14-6-4-5-7-16(14)19/h4-9,13,18H,3,10-12H2,1-2H3. The molecule has 0 fully saturated rings. The number of thiophene rings is 1. The first-order valence-corrected chi connectivity index (χ1v) is 8.25. The van der Waals surface area contributed by atoms with Crippen LogP contribution in [-0.2, 0) is 13.0 Å². The molecule has 1 aromatic carbocycles. The van der Waals surface area contributed by atoms with Crippen LogP contribution in [0, 0.1) is 0 Å². The molecule has 1 aliphatic rings. The van der Waals surface area contributed by atoms with Crippen LogP contribution in [0.5, 0.6) is 0 Å². The molecule has 0 amide bonds. The minimum absolute atomic E-state index is 0.446. The van der Waals surface area contributed by atoms with Gasteiger partial charge in [0.25, 0.3) is 0 Å². The summed E-state index contributed by atoms with van der Waals surface area (Å²) >= 11 is 1.95. The second kappa shape index (κ2) is 5.98. The number of fused-ring (bicyclic) bond motifs is 1. The summed E-state index contributed by atoms with van der Waals surface area (Å²) in [6, 6.07) is 13.8. The largest absolute Gasteiger partial charge is 0.362 e. The Morgan fingerprint density at radius 2 is 2.10 bits per heavy atom. The fourth-order valence-corrected chi connectivity index (χ4v) is 3.87. The molecule has 2 aromatic rings. The van der Waals surface area contributed by atoms with Crippen molar-refractivity contribution in [1.82, 2.24) is 5.32 Å². The quantitative estimate of drug-likeness (QED) is 0.918. The van der Waals surface area contributed by atoms with Crippen LogP contribution in [0.15, 0.2) is 36.4 Å². The van der Waals surface area contributed by atoms with Gasteiger partial charge in [-0.25, -0.2) is 0 Å². The number of rotatable bonds is 3. The molecule has 1 aromatic heterocycles. The van der Waals surface area contributed by atoms with E-state index in [4.69, 9.17) is 0 Å². The minimum Gasteiger partial charge on any atom is -0.362 e. The first kappa shape index (κ1) is 13.7. The molecule has 20 heavy (non-hydrogen) atoms. The van der Waals surface area contributed by atoms with Crippen molar-refractivity contribution >= 4 is 17.0 Å². The zero-order chi connectivity index (χ0) is 13.9. The molecule has 1 N–H and O–H groups in total. The number of aryl methyl sites for hydroxylation is 1. The Balaban J connectivity index is 1.92. The lowest BCUT2D eigenvalue weighted by molar-refractivity contribution is 0.644. The Labute approximate surface area is 125 Å². The van der Waals surface area contributed by atoms with E-state index in [1.165, 1.54) is 21.0 Å². The van der Waals surface area contributed by atoms with E-state index in [-0.39, 0.29) is 0 Å². The molecule has 0 saturated carbocycles. The van der Waals surface area contributed by atoms with Crippen molar-refractivity contribution in [3.8, 4) is 0 Å². The third kappa shape index (κ3) is 2.60. The van der Waals surface area contributed by atoms with Gasteiger partial charge in [-0.1, -0.05) is 25.1 Å². The van der Waals surface area contributed by atoms with Crippen LogP contribution in [0.4, 0.5) is 5.69 Å². The lowest BCUT2D eigenvalue weighted by Crippen LogP contribution is -2.30. The summed E-state index contributed by atoms with van der Waals surface area (Å²) in [5.41, 5.74) is 2.79. The van der Waals surface area contributed by atoms with Crippen molar-refractivity contribution in [3.05, 3.63) is 51.7 Å². The van der Waals surface area contributed by atoms with Gasteiger partial charge in [0.2, 0.25) is 0 Å². The molecule has 0 aliphatic carbocycles. The lowest BCUT2D eigenvalue weighted by atomic mass is 10.1. The Kier molecular flexibility index (Phi) is 4.08. The molecule has 1 atom stereocenters. The molecule has 0 saturated heterocycles. The maximum absolute atomic E-state index is 3.52. The number of nitrogens with one attached hydrogen (secondary N) is 1.